The largest absolute Gasteiger partial charge is 0.497 e. The monoisotopic (exact) mass is 519 g/mol. The van der Waals surface area contributed by atoms with E-state index in [-0.39, 0.29) is 0 Å². The average molecular weight is 520 g/mol. The van der Waals surface area contributed by atoms with Gasteiger partial charge in [-0.2, -0.15) is 0 Å². The van der Waals surface area contributed by atoms with E-state index in [4.69, 9.17) is 34.0 Å². The third-order valence-corrected chi connectivity index (χ3v) is 5.47. The Morgan fingerprint density at radius 2 is 1.55 bits per heavy atom. The van der Waals surface area contributed by atoms with Crippen molar-refractivity contribution in [2.24, 2.45) is 7.05 Å². The van der Waals surface area contributed by atoms with Crippen LogP contribution in [0.4, 0.5) is 5.95 Å². The summed E-state index contributed by atoms with van der Waals surface area (Å²) in [4.78, 5) is 22.7. The molecule has 3 aromatic carbocycles. The van der Waals surface area contributed by atoms with Crippen LogP contribution < -0.4 is 19.5 Å². The van der Waals surface area contributed by atoms with Crippen molar-refractivity contribution >= 4 is 17.9 Å². The van der Waals surface area contributed by atoms with Crippen LogP contribution in [0.3, 0.4) is 0 Å². The zero-order valence-corrected chi connectivity index (χ0v) is 21.2. The van der Waals surface area contributed by atoms with Crippen LogP contribution in [0.2, 0.25) is 0 Å². The lowest BCUT2D eigenvalue weighted by molar-refractivity contribution is -0.159. The number of carbonyl (C=O) groups is 2. The van der Waals surface area contributed by atoms with Gasteiger partial charge in [-0.05, 0) is 47.5 Å². The molecule has 4 rings (SSSR count). The van der Waals surface area contributed by atoms with Crippen molar-refractivity contribution in [2.45, 2.75) is 13.2 Å². The lowest BCUT2D eigenvalue weighted by Crippen LogP contribution is -2.09. The number of benzene rings is 3. The Balaban J connectivity index is 0.000000599. The molecule has 0 unspecified atom stereocenters. The van der Waals surface area contributed by atoms with Crippen molar-refractivity contribution in [1.29, 1.82) is 0 Å². The molecule has 38 heavy (non-hydrogen) atoms. The van der Waals surface area contributed by atoms with Crippen molar-refractivity contribution in [3.8, 4) is 28.5 Å². The summed E-state index contributed by atoms with van der Waals surface area (Å²) in [5.41, 5.74) is 4.28. The number of nitrogens with one attached hydrogen (secondary N) is 1. The SMILES string of the molecule is COc1ccc(-c2cnc(NCc3ccc(OC)c(OCc4ccccc4)c3)n2C)cc1.O=C(O)C(=O)O. The molecule has 0 saturated carbocycles. The number of imidazole rings is 1. The lowest BCUT2D eigenvalue weighted by Gasteiger charge is -2.13. The third-order valence-electron chi connectivity index (χ3n) is 5.47. The molecule has 0 atom stereocenters. The van der Waals surface area contributed by atoms with Crippen LogP contribution in [0, 0.1) is 0 Å². The van der Waals surface area contributed by atoms with E-state index in [9.17, 15) is 0 Å². The molecular weight excluding hydrogens is 490 g/mol. The van der Waals surface area contributed by atoms with E-state index in [0.717, 1.165) is 39.8 Å². The van der Waals surface area contributed by atoms with Gasteiger partial charge in [0.25, 0.3) is 0 Å². The van der Waals surface area contributed by atoms with Gasteiger partial charge in [0.15, 0.2) is 11.5 Å². The molecule has 0 radical (unpaired) electrons. The molecule has 0 saturated heterocycles. The first kappa shape index (κ1) is 27.6. The highest BCUT2D eigenvalue weighted by atomic mass is 16.5. The summed E-state index contributed by atoms with van der Waals surface area (Å²) < 4.78 is 18.8. The van der Waals surface area contributed by atoms with Gasteiger partial charge in [-0.1, -0.05) is 36.4 Å². The predicted octanol–water partition coefficient (Wildman–Crippen LogP) is 4.45. The highest BCUT2D eigenvalue weighted by molar-refractivity contribution is 6.27. The number of carboxylic acid groups (broad SMARTS) is 2. The Kier molecular flexibility index (Phi) is 9.70. The van der Waals surface area contributed by atoms with E-state index in [1.165, 1.54) is 0 Å². The number of nitrogens with zero attached hydrogens (tertiary/aromatic N) is 2. The first-order valence-corrected chi connectivity index (χ1v) is 11.5. The summed E-state index contributed by atoms with van der Waals surface area (Å²) in [5, 5.41) is 18.2. The Bertz CT molecular complexity index is 1340. The number of hydrogen-bond acceptors (Lipinski definition) is 7. The summed E-state index contributed by atoms with van der Waals surface area (Å²) in [6.45, 7) is 1.09. The Morgan fingerprint density at radius 1 is 0.868 bits per heavy atom. The van der Waals surface area contributed by atoms with Crippen LogP contribution in [-0.4, -0.2) is 45.9 Å². The van der Waals surface area contributed by atoms with E-state index >= 15 is 0 Å². The summed E-state index contributed by atoms with van der Waals surface area (Å²) in [7, 11) is 5.31. The van der Waals surface area contributed by atoms with Crippen LogP contribution >= 0.6 is 0 Å². The number of aromatic nitrogens is 2. The quantitative estimate of drug-likeness (QED) is 0.274. The van der Waals surface area contributed by atoms with E-state index in [2.05, 4.69) is 10.3 Å². The first-order chi connectivity index (χ1) is 18.3. The van der Waals surface area contributed by atoms with Crippen molar-refractivity contribution in [3.05, 3.63) is 90.1 Å². The number of rotatable bonds is 9. The minimum Gasteiger partial charge on any atom is -0.497 e. The van der Waals surface area contributed by atoms with Crippen molar-refractivity contribution in [2.75, 3.05) is 19.5 Å². The third kappa shape index (κ3) is 7.50. The van der Waals surface area contributed by atoms with E-state index in [0.29, 0.717) is 18.9 Å². The predicted molar refractivity (Wildman–Crippen MR) is 142 cm³/mol. The molecule has 3 N–H and O–H groups in total. The highest BCUT2D eigenvalue weighted by Gasteiger charge is 2.11. The van der Waals surface area contributed by atoms with Crippen molar-refractivity contribution in [1.82, 2.24) is 9.55 Å². The van der Waals surface area contributed by atoms with Crippen LogP contribution in [0.1, 0.15) is 11.1 Å². The summed E-state index contributed by atoms with van der Waals surface area (Å²) in [5.74, 6) is -0.597. The van der Waals surface area contributed by atoms with Crippen LogP contribution in [0.5, 0.6) is 17.2 Å². The second-order valence-corrected chi connectivity index (χ2v) is 7.98. The molecule has 4 aromatic rings. The summed E-state index contributed by atoms with van der Waals surface area (Å²) in [6, 6.07) is 24.0. The molecule has 1 aromatic heterocycles. The molecule has 1 heterocycles. The van der Waals surface area contributed by atoms with Gasteiger partial charge in [0.2, 0.25) is 5.95 Å². The molecule has 0 amide bonds. The van der Waals surface area contributed by atoms with Crippen LogP contribution in [0.15, 0.2) is 79.0 Å². The fourth-order valence-corrected chi connectivity index (χ4v) is 3.46. The number of hydrogen-bond donors (Lipinski definition) is 3. The van der Waals surface area contributed by atoms with Gasteiger partial charge < -0.3 is 34.3 Å². The van der Waals surface area contributed by atoms with Gasteiger partial charge in [0, 0.05) is 19.2 Å². The molecule has 198 valence electrons. The summed E-state index contributed by atoms with van der Waals surface area (Å²) in [6.07, 6.45) is 1.87. The molecule has 0 spiro atoms. The minimum atomic E-state index is -1.82. The van der Waals surface area contributed by atoms with E-state index in [1.54, 1.807) is 14.2 Å². The molecule has 0 aliphatic heterocycles. The van der Waals surface area contributed by atoms with E-state index < -0.39 is 11.9 Å². The van der Waals surface area contributed by atoms with Gasteiger partial charge in [-0.15, -0.1) is 0 Å². The lowest BCUT2D eigenvalue weighted by atomic mass is 10.1. The van der Waals surface area contributed by atoms with Gasteiger partial charge in [-0.3, -0.25) is 0 Å². The Morgan fingerprint density at radius 3 is 2.16 bits per heavy atom. The molecule has 10 heteroatoms. The Hall–Kier alpha value is -4.99. The minimum absolute atomic E-state index is 0.485. The van der Waals surface area contributed by atoms with Crippen molar-refractivity contribution in [3.63, 3.8) is 0 Å². The maximum Gasteiger partial charge on any atom is 0.414 e. The second-order valence-electron chi connectivity index (χ2n) is 7.98. The number of ether oxygens (including phenoxy) is 3. The normalized spacial score (nSPS) is 10.1. The van der Waals surface area contributed by atoms with Crippen LogP contribution in [-0.2, 0) is 29.8 Å². The van der Waals surface area contributed by atoms with E-state index in [1.807, 2.05) is 90.6 Å². The summed E-state index contributed by atoms with van der Waals surface area (Å²) >= 11 is 0. The van der Waals surface area contributed by atoms with Gasteiger partial charge >= 0.3 is 11.9 Å². The second kappa shape index (κ2) is 13.4. The Labute approximate surface area is 220 Å². The standard InChI is InChI=1S/C26H27N3O3.C2H2O4/c1-29-23(21-10-12-22(30-2)13-11-21)17-28-26(29)27-16-20-9-14-24(31-3)25(15-20)32-18-19-7-5-4-6-8-19;3-1(4)2(5)6/h4-15,17H,16,18H2,1-3H3,(H,27,28);(H,3,4)(H,5,6). The molecule has 0 bridgehead atoms. The van der Waals surface area contributed by atoms with Crippen LogP contribution in [0.25, 0.3) is 11.3 Å². The molecule has 0 fully saturated rings. The number of aliphatic carboxylic acids is 2. The maximum atomic E-state index is 9.10. The topological polar surface area (TPSA) is 132 Å². The first-order valence-electron chi connectivity index (χ1n) is 11.5. The van der Waals surface area contributed by atoms with Crippen molar-refractivity contribution < 1.29 is 34.0 Å². The number of methoxy groups -OCH3 is 2. The fourth-order valence-electron chi connectivity index (χ4n) is 3.46. The highest BCUT2D eigenvalue weighted by Crippen LogP contribution is 2.30. The molecule has 0 aliphatic carbocycles. The smallest absolute Gasteiger partial charge is 0.414 e. The number of anilines is 1. The fraction of sp³-hybridized carbons (Fsp3) is 0.179. The average Bonchev–Trinajstić information content (AvgIpc) is 3.31. The zero-order valence-electron chi connectivity index (χ0n) is 21.2. The van der Waals surface area contributed by atoms with Gasteiger partial charge in [-0.25, -0.2) is 14.6 Å². The van der Waals surface area contributed by atoms with Gasteiger partial charge in [0.05, 0.1) is 26.1 Å². The number of carboxylic acids is 2. The zero-order chi connectivity index (χ0) is 27.5. The molecule has 0 aliphatic rings. The molecular formula is C28H29N3O7. The van der Waals surface area contributed by atoms with Gasteiger partial charge in [0.1, 0.15) is 12.4 Å². The maximum absolute atomic E-state index is 9.10. The molecule has 10 nitrogen and oxygen atoms in total.